The van der Waals surface area contributed by atoms with Crippen LogP contribution in [0.5, 0.6) is 0 Å². The van der Waals surface area contributed by atoms with E-state index in [0.717, 1.165) is 5.92 Å². The van der Waals surface area contributed by atoms with E-state index >= 15 is 0 Å². The minimum atomic E-state index is 0.359. The van der Waals surface area contributed by atoms with Crippen LogP contribution in [0.1, 0.15) is 31.4 Å². The zero-order valence-corrected chi connectivity index (χ0v) is 12.0. The van der Waals surface area contributed by atoms with Crippen LogP contribution in [0.25, 0.3) is 0 Å². The summed E-state index contributed by atoms with van der Waals surface area (Å²) in [6, 6.07) is 8.79. The first-order valence-electron chi connectivity index (χ1n) is 6.41. The summed E-state index contributed by atoms with van der Waals surface area (Å²) in [5.74, 6) is 0.865. The van der Waals surface area contributed by atoms with E-state index in [2.05, 4.69) is 52.0 Å². The summed E-state index contributed by atoms with van der Waals surface area (Å²) < 4.78 is 1.18. The van der Waals surface area contributed by atoms with Crippen LogP contribution in [0.4, 0.5) is 0 Å². The molecule has 1 aliphatic rings. The van der Waals surface area contributed by atoms with Crippen LogP contribution < -0.4 is 5.73 Å². The van der Waals surface area contributed by atoms with Gasteiger partial charge in [-0.1, -0.05) is 41.1 Å². The predicted octanol–water partition coefficient (Wildman–Crippen LogP) is 3.18. The number of nitrogens with zero attached hydrogens (tertiary/aromatic N) is 1. The Bertz CT molecular complexity index is 359. The van der Waals surface area contributed by atoms with E-state index in [-0.39, 0.29) is 0 Å². The highest BCUT2D eigenvalue weighted by atomic mass is 79.9. The lowest BCUT2D eigenvalue weighted by Crippen LogP contribution is -2.39. The van der Waals surface area contributed by atoms with E-state index in [9.17, 15) is 0 Å². The molecule has 0 spiro atoms. The molecule has 0 saturated carbocycles. The van der Waals surface area contributed by atoms with Gasteiger partial charge in [-0.15, -0.1) is 0 Å². The third-order valence-corrected chi connectivity index (χ3v) is 4.47. The second-order valence-electron chi connectivity index (χ2n) is 4.99. The molecule has 2 nitrogen and oxygen atoms in total. The molecule has 2 rings (SSSR count). The van der Waals surface area contributed by atoms with Crippen molar-refractivity contribution in [2.45, 2.75) is 25.8 Å². The van der Waals surface area contributed by atoms with Gasteiger partial charge in [-0.2, -0.15) is 0 Å². The molecule has 1 aromatic carbocycles. The maximum Gasteiger partial charge on any atom is 0.0481 e. The van der Waals surface area contributed by atoms with Crippen LogP contribution in [0.15, 0.2) is 28.7 Å². The first kappa shape index (κ1) is 13.1. The standard InChI is InChI=1S/C14H21BrN2/c1-11-6-8-17(9-7-11)14(10-16)12-4-2-3-5-13(12)15/h2-5,11,14H,6-10,16H2,1H3. The monoisotopic (exact) mass is 296 g/mol. The van der Waals surface area contributed by atoms with Crippen molar-refractivity contribution >= 4 is 15.9 Å². The van der Waals surface area contributed by atoms with Gasteiger partial charge in [0.15, 0.2) is 0 Å². The van der Waals surface area contributed by atoms with Gasteiger partial charge < -0.3 is 5.73 Å². The van der Waals surface area contributed by atoms with E-state index in [1.165, 1.54) is 36.0 Å². The summed E-state index contributed by atoms with van der Waals surface area (Å²) >= 11 is 3.63. The van der Waals surface area contributed by atoms with Crippen molar-refractivity contribution in [2.75, 3.05) is 19.6 Å². The number of halogens is 1. The molecular formula is C14H21BrN2. The molecule has 0 radical (unpaired) electrons. The summed E-state index contributed by atoms with van der Waals surface area (Å²) in [5.41, 5.74) is 7.30. The molecule has 0 bridgehead atoms. The number of nitrogens with two attached hydrogens (primary N) is 1. The summed E-state index contributed by atoms with van der Waals surface area (Å²) in [6.07, 6.45) is 2.59. The van der Waals surface area contributed by atoms with Crippen LogP contribution in [-0.2, 0) is 0 Å². The molecule has 94 valence electrons. The highest BCUT2D eigenvalue weighted by molar-refractivity contribution is 9.10. The van der Waals surface area contributed by atoms with E-state index in [1.807, 2.05) is 0 Å². The largest absolute Gasteiger partial charge is 0.329 e. The average Bonchev–Trinajstić information content (AvgIpc) is 2.35. The van der Waals surface area contributed by atoms with Crippen LogP contribution in [-0.4, -0.2) is 24.5 Å². The fourth-order valence-corrected chi connectivity index (χ4v) is 3.11. The molecule has 1 unspecified atom stereocenters. The quantitative estimate of drug-likeness (QED) is 0.928. The first-order valence-corrected chi connectivity index (χ1v) is 7.20. The number of hydrogen-bond donors (Lipinski definition) is 1. The number of hydrogen-bond acceptors (Lipinski definition) is 2. The molecular weight excluding hydrogens is 276 g/mol. The lowest BCUT2D eigenvalue weighted by atomic mass is 9.96. The Morgan fingerprint density at radius 1 is 1.35 bits per heavy atom. The molecule has 0 amide bonds. The number of rotatable bonds is 3. The predicted molar refractivity (Wildman–Crippen MR) is 75.9 cm³/mol. The van der Waals surface area contributed by atoms with Gasteiger partial charge in [0.25, 0.3) is 0 Å². The average molecular weight is 297 g/mol. The van der Waals surface area contributed by atoms with Gasteiger partial charge in [-0.3, -0.25) is 4.90 Å². The zero-order valence-electron chi connectivity index (χ0n) is 10.4. The summed E-state index contributed by atoms with van der Waals surface area (Å²) in [5, 5.41) is 0. The van der Waals surface area contributed by atoms with Crippen molar-refractivity contribution in [3.63, 3.8) is 0 Å². The molecule has 1 aliphatic heterocycles. The topological polar surface area (TPSA) is 29.3 Å². The Balaban J connectivity index is 2.14. The first-order chi connectivity index (χ1) is 8.22. The second kappa shape index (κ2) is 5.98. The lowest BCUT2D eigenvalue weighted by molar-refractivity contribution is 0.141. The molecule has 3 heteroatoms. The third kappa shape index (κ3) is 3.09. The summed E-state index contributed by atoms with van der Waals surface area (Å²) in [6.45, 7) is 5.37. The minimum absolute atomic E-state index is 0.359. The highest BCUT2D eigenvalue weighted by Crippen LogP contribution is 2.30. The minimum Gasteiger partial charge on any atom is -0.329 e. The van der Waals surface area contributed by atoms with Crippen LogP contribution >= 0.6 is 15.9 Å². The van der Waals surface area contributed by atoms with Gasteiger partial charge in [0, 0.05) is 17.1 Å². The molecule has 1 aromatic rings. The molecule has 2 N–H and O–H groups in total. The molecule has 1 atom stereocenters. The van der Waals surface area contributed by atoms with Gasteiger partial charge >= 0.3 is 0 Å². The van der Waals surface area contributed by atoms with Crippen molar-refractivity contribution < 1.29 is 0 Å². The molecule has 17 heavy (non-hydrogen) atoms. The van der Waals surface area contributed by atoms with Gasteiger partial charge in [-0.05, 0) is 43.5 Å². The smallest absolute Gasteiger partial charge is 0.0481 e. The number of benzene rings is 1. The van der Waals surface area contributed by atoms with Crippen LogP contribution in [0, 0.1) is 5.92 Å². The molecule has 1 heterocycles. The third-order valence-electron chi connectivity index (χ3n) is 3.75. The molecule has 0 aromatic heterocycles. The van der Waals surface area contributed by atoms with Gasteiger partial charge in [-0.25, -0.2) is 0 Å². The molecule has 1 fully saturated rings. The van der Waals surface area contributed by atoms with Crippen LogP contribution in [0.2, 0.25) is 0 Å². The highest BCUT2D eigenvalue weighted by Gasteiger charge is 2.24. The van der Waals surface area contributed by atoms with Crippen molar-refractivity contribution in [1.82, 2.24) is 4.90 Å². The second-order valence-corrected chi connectivity index (χ2v) is 5.85. The Morgan fingerprint density at radius 3 is 2.59 bits per heavy atom. The summed E-state index contributed by atoms with van der Waals surface area (Å²) in [4.78, 5) is 2.53. The van der Waals surface area contributed by atoms with Crippen molar-refractivity contribution in [3.8, 4) is 0 Å². The Hall–Kier alpha value is -0.380. The normalized spacial score (nSPS) is 20.4. The van der Waals surface area contributed by atoms with Crippen molar-refractivity contribution in [1.29, 1.82) is 0 Å². The van der Waals surface area contributed by atoms with E-state index < -0.39 is 0 Å². The molecule has 1 saturated heterocycles. The number of piperidine rings is 1. The lowest BCUT2D eigenvalue weighted by Gasteiger charge is -2.36. The SMILES string of the molecule is CC1CCN(C(CN)c2ccccc2Br)CC1. The van der Waals surface area contributed by atoms with Gasteiger partial charge in [0.05, 0.1) is 0 Å². The van der Waals surface area contributed by atoms with E-state index in [1.54, 1.807) is 0 Å². The maximum absolute atomic E-state index is 5.98. The molecule has 0 aliphatic carbocycles. The summed E-state index contributed by atoms with van der Waals surface area (Å²) in [7, 11) is 0. The van der Waals surface area contributed by atoms with Gasteiger partial charge in [0.2, 0.25) is 0 Å². The Kier molecular flexibility index (Phi) is 4.60. The van der Waals surface area contributed by atoms with Crippen molar-refractivity contribution in [3.05, 3.63) is 34.3 Å². The Morgan fingerprint density at radius 2 is 2.00 bits per heavy atom. The number of likely N-dealkylation sites (tertiary alicyclic amines) is 1. The zero-order chi connectivity index (χ0) is 12.3. The van der Waals surface area contributed by atoms with Crippen molar-refractivity contribution in [2.24, 2.45) is 11.7 Å². The Labute approximate surface area is 112 Å². The fraction of sp³-hybridized carbons (Fsp3) is 0.571. The maximum atomic E-state index is 5.98. The van der Waals surface area contributed by atoms with E-state index in [4.69, 9.17) is 5.73 Å². The van der Waals surface area contributed by atoms with Crippen LogP contribution in [0.3, 0.4) is 0 Å². The van der Waals surface area contributed by atoms with Gasteiger partial charge in [0.1, 0.15) is 0 Å². The van der Waals surface area contributed by atoms with E-state index in [0.29, 0.717) is 12.6 Å². The fourth-order valence-electron chi connectivity index (χ4n) is 2.56.